The largest absolute Gasteiger partial charge is 0.306 e. The van der Waals surface area contributed by atoms with Crippen molar-refractivity contribution < 1.29 is 4.39 Å². The second-order valence-electron chi connectivity index (χ2n) is 5.43. The summed E-state index contributed by atoms with van der Waals surface area (Å²) < 4.78 is 12.8. The Morgan fingerprint density at radius 1 is 1.44 bits per heavy atom. The van der Waals surface area contributed by atoms with Crippen LogP contribution in [-0.2, 0) is 0 Å². The first kappa shape index (κ1) is 13.5. The van der Waals surface area contributed by atoms with E-state index in [1.165, 1.54) is 44.4 Å². The molecule has 2 nitrogen and oxygen atoms in total. The number of aromatic nitrogens is 1. The minimum atomic E-state index is -0.269. The maximum absolute atomic E-state index is 12.8. The van der Waals surface area contributed by atoms with E-state index >= 15 is 0 Å². The molecule has 3 unspecified atom stereocenters. The van der Waals surface area contributed by atoms with Gasteiger partial charge in [0.15, 0.2) is 0 Å². The molecule has 1 saturated carbocycles. The van der Waals surface area contributed by atoms with Crippen LogP contribution in [0.1, 0.15) is 57.7 Å². The van der Waals surface area contributed by atoms with Crippen molar-refractivity contribution >= 4 is 0 Å². The Labute approximate surface area is 109 Å². The van der Waals surface area contributed by atoms with Gasteiger partial charge in [0.1, 0.15) is 5.82 Å². The van der Waals surface area contributed by atoms with Gasteiger partial charge in [0.05, 0.1) is 11.9 Å². The molecule has 0 bridgehead atoms. The fraction of sp³-hybridized carbons (Fsp3) is 0.667. The van der Waals surface area contributed by atoms with E-state index in [2.05, 4.69) is 24.1 Å². The Kier molecular flexibility index (Phi) is 4.70. The van der Waals surface area contributed by atoms with Crippen molar-refractivity contribution in [2.75, 3.05) is 0 Å². The first-order valence-electron chi connectivity index (χ1n) is 7.06. The molecule has 100 valence electrons. The second kappa shape index (κ2) is 6.28. The quantitative estimate of drug-likeness (QED) is 0.878. The third-order valence-electron chi connectivity index (χ3n) is 4.04. The highest BCUT2D eigenvalue weighted by atomic mass is 19.1. The third-order valence-corrected chi connectivity index (χ3v) is 4.04. The molecule has 1 fully saturated rings. The van der Waals surface area contributed by atoms with E-state index in [0.717, 1.165) is 11.6 Å². The Bertz CT molecular complexity index is 363. The SMILES string of the molecule is CCC1CCCC(NC(C)c2ccc(F)cn2)C1. The molecule has 0 amide bonds. The summed E-state index contributed by atoms with van der Waals surface area (Å²) in [6.45, 7) is 4.38. The number of pyridine rings is 1. The third kappa shape index (κ3) is 3.52. The maximum atomic E-state index is 12.8. The first-order valence-corrected chi connectivity index (χ1v) is 7.06. The van der Waals surface area contributed by atoms with Crippen LogP contribution in [0.5, 0.6) is 0 Å². The van der Waals surface area contributed by atoms with Crippen LogP contribution in [0.15, 0.2) is 18.3 Å². The molecule has 3 heteroatoms. The van der Waals surface area contributed by atoms with E-state index in [4.69, 9.17) is 0 Å². The summed E-state index contributed by atoms with van der Waals surface area (Å²) in [5.74, 6) is 0.597. The van der Waals surface area contributed by atoms with Gasteiger partial charge in [-0.3, -0.25) is 4.98 Å². The molecule has 1 N–H and O–H groups in total. The van der Waals surface area contributed by atoms with Crippen molar-refractivity contribution in [1.82, 2.24) is 10.3 Å². The summed E-state index contributed by atoms with van der Waals surface area (Å²) in [4.78, 5) is 4.15. The smallest absolute Gasteiger partial charge is 0.141 e. The van der Waals surface area contributed by atoms with Crippen LogP contribution in [0.2, 0.25) is 0 Å². The van der Waals surface area contributed by atoms with Gasteiger partial charge in [-0.25, -0.2) is 4.39 Å². The number of nitrogens with zero attached hydrogens (tertiary/aromatic N) is 1. The van der Waals surface area contributed by atoms with Gasteiger partial charge < -0.3 is 5.32 Å². The van der Waals surface area contributed by atoms with Gasteiger partial charge in [0.2, 0.25) is 0 Å². The van der Waals surface area contributed by atoms with Crippen LogP contribution >= 0.6 is 0 Å². The molecule has 0 aromatic carbocycles. The van der Waals surface area contributed by atoms with E-state index in [9.17, 15) is 4.39 Å². The molecule has 1 aliphatic rings. The second-order valence-corrected chi connectivity index (χ2v) is 5.43. The van der Waals surface area contributed by atoms with E-state index in [1.807, 2.05) is 0 Å². The van der Waals surface area contributed by atoms with Crippen molar-refractivity contribution in [3.8, 4) is 0 Å². The van der Waals surface area contributed by atoms with Gasteiger partial charge in [-0.2, -0.15) is 0 Å². The predicted molar refractivity (Wildman–Crippen MR) is 71.8 cm³/mol. The Morgan fingerprint density at radius 2 is 2.28 bits per heavy atom. The van der Waals surface area contributed by atoms with E-state index in [0.29, 0.717) is 6.04 Å². The summed E-state index contributed by atoms with van der Waals surface area (Å²) in [7, 11) is 0. The summed E-state index contributed by atoms with van der Waals surface area (Å²) in [6, 6.07) is 4.04. The van der Waals surface area contributed by atoms with Gasteiger partial charge in [-0.15, -0.1) is 0 Å². The summed E-state index contributed by atoms with van der Waals surface area (Å²) >= 11 is 0. The predicted octanol–water partition coefficient (Wildman–Crippen LogP) is 3.84. The minimum absolute atomic E-state index is 0.200. The number of rotatable bonds is 4. The lowest BCUT2D eigenvalue weighted by molar-refractivity contribution is 0.265. The Hall–Kier alpha value is -0.960. The fourth-order valence-electron chi connectivity index (χ4n) is 2.90. The van der Waals surface area contributed by atoms with Gasteiger partial charge in [-0.05, 0) is 37.8 Å². The van der Waals surface area contributed by atoms with Crippen LogP contribution in [0, 0.1) is 11.7 Å². The number of hydrogen-bond acceptors (Lipinski definition) is 2. The van der Waals surface area contributed by atoms with Crippen molar-refractivity contribution in [3.63, 3.8) is 0 Å². The molecule has 0 radical (unpaired) electrons. The molecule has 0 saturated heterocycles. The summed E-state index contributed by atoms with van der Waals surface area (Å²) in [6.07, 6.45) is 7.78. The molecule has 3 atom stereocenters. The van der Waals surface area contributed by atoms with Crippen LogP contribution < -0.4 is 5.32 Å². The van der Waals surface area contributed by atoms with Gasteiger partial charge in [0.25, 0.3) is 0 Å². The zero-order valence-electron chi connectivity index (χ0n) is 11.3. The van der Waals surface area contributed by atoms with E-state index < -0.39 is 0 Å². The Balaban J connectivity index is 1.90. The molecule has 1 aromatic heterocycles. The van der Waals surface area contributed by atoms with E-state index in [-0.39, 0.29) is 11.9 Å². The highest BCUT2D eigenvalue weighted by molar-refractivity contribution is 5.09. The highest BCUT2D eigenvalue weighted by Crippen LogP contribution is 2.27. The fourth-order valence-corrected chi connectivity index (χ4v) is 2.90. The average molecular weight is 250 g/mol. The van der Waals surface area contributed by atoms with E-state index in [1.54, 1.807) is 6.07 Å². The first-order chi connectivity index (χ1) is 8.69. The Morgan fingerprint density at radius 3 is 2.94 bits per heavy atom. The average Bonchev–Trinajstić information content (AvgIpc) is 2.39. The van der Waals surface area contributed by atoms with Crippen LogP contribution in [0.4, 0.5) is 4.39 Å². The van der Waals surface area contributed by atoms with Gasteiger partial charge in [0, 0.05) is 12.1 Å². The van der Waals surface area contributed by atoms with Crippen LogP contribution in [0.25, 0.3) is 0 Å². The highest BCUT2D eigenvalue weighted by Gasteiger charge is 2.22. The zero-order valence-corrected chi connectivity index (χ0v) is 11.3. The lowest BCUT2D eigenvalue weighted by atomic mass is 9.84. The van der Waals surface area contributed by atoms with Gasteiger partial charge >= 0.3 is 0 Å². The molecule has 2 rings (SSSR count). The molecular formula is C15H23FN2. The van der Waals surface area contributed by atoms with Crippen molar-refractivity contribution in [2.45, 2.75) is 58.0 Å². The number of halogens is 1. The monoisotopic (exact) mass is 250 g/mol. The molecule has 1 aliphatic carbocycles. The van der Waals surface area contributed by atoms with Crippen LogP contribution in [-0.4, -0.2) is 11.0 Å². The molecule has 1 aromatic rings. The lowest BCUT2D eigenvalue weighted by Gasteiger charge is -2.31. The molecule has 1 heterocycles. The zero-order chi connectivity index (χ0) is 13.0. The standard InChI is InChI=1S/C15H23FN2/c1-3-12-5-4-6-14(9-12)18-11(2)15-8-7-13(16)10-17-15/h7-8,10-12,14,18H,3-6,9H2,1-2H3. The van der Waals surface area contributed by atoms with Crippen LogP contribution in [0.3, 0.4) is 0 Å². The lowest BCUT2D eigenvalue weighted by Crippen LogP contribution is -2.36. The van der Waals surface area contributed by atoms with Crippen molar-refractivity contribution in [2.24, 2.45) is 5.92 Å². The minimum Gasteiger partial charge on any atom is -0.306 e. The normalized spacial score (nSPS) is 25.9. The maximum Gasteiger partial charge on any atom is 0.141 e. The molecule has 0 aliphatic heterocycles. The molecular weight excluding hydrogens is 227 g/mol. The van der Waals surface area contributed by atoms with Crippen molar-refractivity contribution in [1.29, 1.82) is 0 Å². The summed E-state index contributed by atoms with van der Waals surface area (Å²) in [5.41, 5.74) is 0.926. The van der Waals surface area contributed by atoms with Gasteiger partial charge in [-0.1, -0.05) is 26.2 Å². The molecule has 0 spiro atoms. The molecule has 18 heavy (non-hydrogen) atoms. The topological polar surface area (TPSA) is 24.9 Å². The summed E-state index contributed by atoms with van der Waals surface area (Å²) in [5, 5.41) is 3.63. The number of hydrogen-bond donors (Lipinski definition) is 1. The number of nitrogens with one attached hydrogen (secondary N) is 1. The van der Waals surface area contributed by atoms with Crippen molar-refractivity contribution in [3.05, 3.63) is 29.8 Å².